The molecule has 2 aromatic rings. The zero-order valence-electron chi connectivity index (χ0n) is 12.0. The Morgan fingerprint density at radius 1 is 1.41 bits per heavy atom. The van der Waals surface area contributed by atoms with E-state index in [9.17, 15) is 14.7 Å². The summed E-state index contributed by atoms with van der Waals surface area (Å²) < 4.78 is 6.55. The van der Waals surface area contributed by atoms with Crippen molar-refractivity contribution in [1.82, 2.24) is 15.1 Å². The third kappa shape index (κ3) is 2.41. The van der Waals surface area contributed by atoms with Crippen LogP contribution in [0.25, 0.3) is 0 Å². The number of carbonyl (C=O) groups is 2. The minimum absolute atomic E-state index is 0.0432. The maximum absolute atomic E-state index is 12.0. The number of nitrogens with zero attached hydrogens (tertiary/aromatic N) is 2. The number of rotatable bonds is 4. The van der Waals surface area contributed by atoms with Gasteiger partial charge in [-0.3, -0.25) is 9.48 Å². The molecule has 7 heteroatoms. The molecule has 1 aliphatic rings. The lowest BCUT2D eigenvalue weighted by Gasteiger charge is -2.14. The van der Waals surface area contributed by atoms with Crippen molar-refractivity contribution < 1.29 is 19.4 Å². The fraction of sp³-hybridized carbons (Fsp3) is 0.267. The van der Waals surface area contributed by atoms with Gasteiger partial charge in [-0.05, 0) is 24.1 Å². The first-order chi connectivity index (χ1) is 10.6. The predicted octanol–water partition coefficient (Wildman–Crippen LogP) is 0.924. The fourth-order valence-electron chi connectivity index (χ4n) is 2.56. The van der Waals surface area contributed by atoms with Gasteiger partial charge in [0, 0.05) is 12.1 Å². The Morgan fingerprint density at radius 3 is 2.77 bits per heavy atom. The number of aromatic carboxylic acids is 1. The van der Waals surface area contributed by atoms with Crippen molar-refractivity contribution in [2.45, 2.75) is 13.0 Å². The normalized spacial score (nSPS) is 13.4. The Bertz CT molecular complexity index is 734. The van der Waals surface area contributed by atoms with Gasteiger partial charge < -0.3 is 15.2 Å². The Balaban J connectivity index is 1.99. The first-order valence-electron chi connectivity index (χ1n) is 6.84. The molecule has 0 unspecified atom stereocenters. The van der Waals surface area contributed by atoms with Crippen LogP contribution in [-0.2, 0) is 13.0 Å². The van der Waals surface area contributed by atoms with Gasteiger partial charge in [0.15, 0.2) is 5.69 Å². The average Bonchev–Trinajstić information content (AvgIpc) is 2.88. The monoisotopic (exact) mass is 301 g/mol. The van der Waals surface area contributed by atoms with E-state index in [1.54, 1.807) is 7.11 Å². The molecule has 0 saturated carbocycles. The number of nitrogens with one attached hydrogen (secondary N) is 1. The molecular formula is C15H15N3O4. The molecule has 22 heavy (non-hydrogen) atoms. The SMILES string of the molecule is COc1ccc(Cn2nc(C(=O)O)c3c2C(=O)NCC3)cc1. The number of hydrogen-bond acceptors (Lipinski definition) is 4. The summed E-state index contributed by atoms with van der Waals surface area (Å²) in [6.45, 7) is 0.757. The summed E-state index contributed by atoms with van der Waals surface area (Å²) >= 11 is 0. The highest BCUT2D eigenvalue weighted by Crippen LogP contribution is 2.20. The van der Waals surface area contributed by atoms with Gasteiger partial charge in [-0.2, -0.15) is 5.10 Å². The third-order valence-corrected chi connectivity index (χ3v) is 3.62. The molecule has 2 N–H and O–H groups in total. The molecule has 2 heterocycles. The average molecular weight is 301 g/mol. The van der Waals surface area contributed by atoms with Crippen LogP contribution in [-0.4, -0.2) is 40.4 Å². The Kier molecular flexibility index (Phi) is 3.54. The zero-order chi connectivity index (χ0) is 15.7. The Morgan fingerprint density at radius 2 is 2.14 bits per heavy atom. The second-order valence-corrected chi connectivity index (χ2v) is 4.99. The highest BCUT2D eigenvalue weighted by Gasteiger charge is 2.29. The number of aromatic nitrogens is 2. The molecule has 114 valence electrons. The number of amides is 1. The molecule has 1 aromatic carbocycles. The summed E-state index contributed by atoms with van der Waals surface area (Å²) in [5.41, 5.74) is 1.70. The molecule has 0 atom stereocenters. The van der Waals surface area contributed by atoms with Crippen molar-refractivity contribution in [3.8, 4) is 5.75 Å². The first-order valence-corrected chi connectivity index (χ1v) is 6.84. The minimum atomic E-state index is -1.11. The van der Waals surface area contributed by atoms with E-state index in [0.717, 1.165) is 11.3 Å². The van der Waals surface area contributed by atoms with Crippen LogP contribution < -0.4 is 10.1 Å². The number of benzene rings is 1. The van der Waals surface area contributed by atoms with Gasteiger partial charge >= 0.3 is 5.97 Å². The quantitative estimate of drug-likeness (QED) is 0.876. The molecule has 0 radical (unpaired) electrons. The Hall–Kier alpha value is -2.83. The summed E-state index contributed by atoms with van der Waals surface area (Å²) in [4.78, 5) is 23.4. The lowest BCUT2D eigenvalue weighted by atomic mass is 10.1. The van der Waals surface area contributed by atoms with Crippen LogP contribution in [0, 0.1) is 0 Å². The molecule has 7 nitrogen and oxygen atoms in total. The summed E-state index contributed by atoms with van der Waals surface area (Å²) in [7, 11) is 1.59. The van der Waals surface area contributed by atoms with Crippen LogP contribution in [0.1, 0.15) is 32.1 Å². The number of carboxylic acid groups (broad SMARTS) is 1. The highest BCUT2D eigenvalue weighted by atomic mass is 16.5. The van der Waals surface area contributed by atoms with Crippen molar-refractivity contribution in [2.75, 3.05) is 13.7 Å². The number of methoxy groups -OCH3 is 1. The lowest BCUT2D eigenvalue weighted by molar-refractivity contribution is 0.0688. The molecule has 0 fully saturated rings. The van der Waals surface area contributed by atoms with Gasteiger partial charge in [-0.1, -0.05) is 12.1 Å². The number of fused-ring (bicyclic) bond motifs is 1. The second kappa shape index (κ2) is 5.51. The molecule has 1 aromatic heterocycles. The van der Waals surface area contributed by atoms with Crippen LogP contribution in [0.3, 0.4) is 0 Å². The summed E-state index contributed by atoms with van der Waals surface area (Å²) in [6.07, 6.45) is 0.477. The molecule has 0 aliphatic carbocycles. The van der Waals surface area contributed by atoms with E-state index in [0.29, 0.717) is 30.8 Å². The molecule has 0 saturated heterocycles. The highest BCUT2D eigenvalue weighted by molar-refractivity contribution is 5.99. The molecule has 0 bridgehead atoms. The third-order valence-electron chi connectivity index (χ3n) is 3.62. The topological polar surface area (TPSA) is 93.5 Å². The van der Waals surface area contributed by atoms with E-state index >= 15 is 0 Å². The maximum Gasteiger partial charge on any atom is 0.356 e. The van der Waals surface area contributed by atoms with Crippen molar-refractivity contribution in [3.05, 3.63) is 46.8 Å². The molecule has 1 aliphatic heterocycles. The van der Waals surface area contributed by atoms with Crippen LogP contribution in [0.5, 0.6) is 5.75 Å². The van der Waals surface area contributed by atoms with Gasteiger partial charge in [-0.15, -0.1) is 0 Å². The van der Waals surface area contributed by atoms with Gasteiger partial charge in [0.1, 0.15) is 11.4 Å². The van der Waals surface area contributed by atoms with Crippen LogP contribution >= 0.6 is 0 Å². The van der Waals surface area contributed by atoms with Gasteiger partial charge in [0.25, 0.3) is 5.91 Å². The number of carboxylic acids is 1. The Labute approximate surface area is 126 Å². The molecule has 1 amide bonds. The molecule has 0 spiro atoms. The summed E-state index contributed by atoms with van der Waals surface area (Å²) in [5.74, 6) is -0.663. The van der Waals surface area contributed by atoms with Crippen molar-refractivity contribution in [1.29, 1.82) is 0 Å². The van der Waals surface area contributed by atoms with Gasteiger partial charge in [0.2, 0.25) is 0 Å². The van der Waals surface area contributed by atoms with E-state index < -0.39 is 5.97 Å². The van der Waals surface area contributed by atoms with Crippen LogP contribution in [0.4, 0.5) is 0 Å². The summed E-state index contributed by atoms with van der Waals surface area (Å²) in [5, 5.41) is 16.1. The first kappa shape index (κ1) is 14.1. The number of carbonyl (C=O) groups excluding carboxylic acids is 1. The number of hydrogen-bond donors (Lipinski definition) is 2. The van der Waals surface area contributed by atoms with E-state index in [4.69, 9.17) is 4.74 Å². The molecular weight excluding hydrogens is 286 g/mol. The van der Waals surface area contributed by atoms with Crippen LogP contribution in [0.2, 0.25) is 0 Å². The number of ether oxygens (including phenoxy) is 1. The standard InChI is InChI=1S/C15H15N3O4/c1-22-10-4-2-9(3-5-10)8-18-13-11(6-7-16-14(13)19)12(17-18)15(20)21/h2-5H,6-8H2,1H3,(H,16,19)(H,20,21). The smallest absolute Gasteiger partial charge is 0.356 e. The van der Waals surface area contributed by atoms with E-state index in [-0.39, 0.29) is 11.6 Å². The van der Waals surface area contributed by atoms with E-state index in [2.05, 4.69) is 10.4 Å². The largest absolute Gasteiger partial charge is 0.497 e. The van der Waals surface area contributed by atoms with E-state index in [1.165, 1.54) is 4.68 Å². The predicted molar refractivity (Wildman–Crippen MR) is 77.3 cm³/mol. The van der Waals surface area contributed by atoms with Crippen LogP contribution in [0.15, 0.2) is 24.3 Å². The molecule has 3 rings (SSSR count). The fourth-order valence-corrected chi connectivity index (χ4v) is 2.56. The van der Waals surface area contributed by atoms with Gasteiger partial charge in [-0.25, -0.2) is 4.79 Å². The van der Waals surface area contributed by atoms with E-state index in [1.807, 2.05) is 24.3 Å². The van der Waals surface area contributed by atoms with Crippen molar-refractivity contribution >= 4 is 11.9 Å². The lowest BCUT2D eigenvalue weighted by Crippen LogP contribution is -2.33. The maximum atomic E-state index is 12.0. The zero-order valence-corrected chi connectivity index (χ0v) is 12.0. The minimum Gasteiger partial charge on any atom is -0.497 e. The van der Waals surface area contributed by atoms with Gasteiger partial charge in [0.05, 0.1) is 13.7 Å². The van der Waals surface area contributed by atoms with Crippen molar-refractivity contribution in [2.24, 2.45) is 0 Å². The second-order valence-electron chi connectivity index (χ2n) is 4.99. The van der Waals surface area contributed by atoms with Crippen molar-refractivity contribution in [3.63, 3.8) is 0 Å². The summed E-state index contributed by atoms with van der Waals surface area (Å²) in [6, 6.07) is 7.33.